The van der Waals surface area contributed by atoms with Gasteiger partial charge < -0.3 is 33.6 Å². The van der Waals surface area contributed by atoms with Gasteiger partial charge >= 0.3 is 0 Å². The molecule has 1 fully saturated rings. The first-order chi connectivity index (χ1) is 20.0. The zero-order valence-corrected chi connectivity index (χ0v) is 25.2. The summed E-state index contributed by atoms with van der Waals surface area (Å²) < 4.78 is 0.830. The maximum atomic E-state index is 14.0. The molecule has 0 heterocycles. The molecule has 2 aromatic carbocycles. The molecule has 0 aliphatic heterocycles. The van der Waals surface area contributed by atoms with Crippen LogP contribution in [0, 0.1) is 11.3 Å². The zero-order valence-electron chi connectivity index (χ0n) is 23.7. The number of carbonyl (C=O) groups is 3. The van der Waals surface area contributed by atoms with Crippen LogP contribution in [0.4, 0.5) is 0 Å². The van der Waals surface area contributed by atoms with Crippen LogP contribution >= 0.6 is 15.9 Å². The highest BCUT2D eigenvalue weighted by Crippen LogP contribution is 2.29. The Hall–Kier alpha value is -3.93. The Morgan fingerprint density at radius 1 is 0.952 bits per heavy atom. The number of amides is 3. The fraction of sp³-hybridized carbons (Fsp3) is 0.433. The average Bonchev–Trinajstić information content (AvgIpc) is 2.96. The number of nitrogens with two attached hydrogens (primary N) is 4. The molecule has 3 atom stereocenters. The van der Waals surface area contributed by atoms with Gasteiger partial charge in [-0.2, -0.15) is 0 Å². The number of carbonyl (C=O) groups excluding carboxylic acids is 3. The Morgan fingerprint density at radius 2 is 1.64 bits per heavy atom. The second-order valence-electron chi connectivity index (χ2n) is 10.7. The lowest BCUT2D eigenvalue weighted by Crippen LogP contribution is -2.56. The number of nitrogens with one attached hydrogen (secondary N) is 3. The minimum atomic E-state index is -0.921. The maximum absolute atomic E-state index is 14.0. The number of nitrogen functional groups attached to an aromatic ring is 1. The lowest BCUT2D eigenvalue weighted by Gasteiger charge is -2.32. The van der Waals surface area contributed by atoms with E-state index in [9.17, 15) is 14.4 Å². The molecule has 3 amide bonds. The number of amidine groups is 1. The summed E-state index contributed by atoms with van der Waals surface area (Å²) in [6.45, 7) is 0.298. The third-order valence-electron chi connectivity index (χ3n) is 7.58. The topological polar surface area (TPSA) is 216 Å². The minimum Gasteiger partial charge on any atom is -0.384 e. The SMILES string of the molecule is N=C(N)c1ccc(C[C@H](C(=O)N[C@H](C(=O)NC(CCCN=C(N)N)C(N)=O)C2CCCCC2)c2cccc(Br)c2)cc1. The second kappa shape index (κ2) is 15.9. The van der Waals surface area contributed by atoms with Crippen LogP contribution in [0.2, 0.25) is 0 Å². The summed E-state index contributed by atoms with van der Waals surface area (Å²) in [6, 6.07) is 13.0. The van der Waals surface area contributed by atoms with Crippen LogP contribution in [0.15, 0.2) is 58.0 Å². The Bertz CT molecular complexity index is 1270. The standard InChI is InChI=1S/C30H41BrN8O3/c31-22-9-4-8-21(17-22)23(16-18-11-13-20(14-12-18)26(32)33)28(41)39-25(19-6-2-1-3-7-19)29(42)38-24(27(34)40)10-5-15-37-30(35)36/h4,8-9,11-14,17,19,23-25H,1-3,5-7,10,15-16H2,(H3,32,33)(H2,34,40)(H,38,42)(H,39,41)(H4,35,36,37)/t23-,24?,25-/m0/s1. The van der Waals surface area contributed by atoms with Gasteiger partial charge in [0.1, 0.15) is 17.9 Å². The quantitative estimate of drug-likeness (QED) is 0.0931. The number of aliphatic imine (C=N–C) groups is 1. The monoisotopic (exact) mass is 640 g/mol. The number of primary amides is 1. The third kappa shape index (κ3) is 9.86. The molecule has 226 valence electrons. The number of halogens is 1. The van der Waals surface area contributed by atoms with Gasteiger partial charge in [-0.15, -0.1) is 0 Å². The van der Waals surface area contributed by atoms with Crippen LogP contribution in [0.3, 0.4) is 0 Å². The normalized spacial score (nSPS) is 15.5. The molecule has 1 aliphatic rings. The summed E-state index contributed by atoms with van der Waals surface area (Å²) in [5.74, 6) is -2.15. The van der Waals surface area contributed by atoms with Crippen molar-refractivity contribution in [3.63, 3.8) is 0 Å². The molecule has 2 aromatic rings. The van der Waals surface area contributed by atoms with Crippen molar-refractivity contribution in [3.05, 3.63) is 69.7 Å². The van der Waals surface area contributed by atoms with Gasteiger partial charge in [0.25, 0.3) is 0 Å². The first-order valence-electron chi connectivity index (χ1n) is 14.2. The molecule has 0 radical (unpaired) electrons. The molecule has 3 rings (SSSR count). The van der Waals surface area contributed by atoms with Gasteiger partial charge in [-0.05, 0) is 61.3 Å². The summed E-state index contributed by atoms with van der Waals surface area (Å²) in [5, 5.41) is 13.5. The Kier molecular flexibility index (Phi) is 12.3. The predicted octanol–water partition coefficient (Wildman–Crippen LogP) is 2.15. The summed E-state index contributed by atoms with van der Waals surface area (Å²) in [7, 11) is 0. The predicted molar refractivity (Wildman–Crippen MR) is 168 cm³/mol. The van der Waals surface area contributed by atoms with Gasteiger partial charge in [0.2, 0.25) is 17.7 Å². The van der Waals surface area contributed by atoms with Crippen LogP contribution in [0.25, 0.3) is 0 Å². The molecule has 1 saturated carbocycles. The van der Waals surface area contributed by atoms with Crippen LogP contribution in [-0.2, 0) is 20.8 Å². The Morgan fingerprint density at radius 3 is 2.24 bits per heavy atom. The summed E-state index contributed by atoms with van der Waals surface area (Å²) in [5.41, 5.74) is 24.2. The number of guanidine groups is 1. The van der Waals surface area contributed by atoms with Crippen molar-refractivity contribution in [3.8, 4) is 0 Å². The highest BCUT2D eigenvalue weighted by atomic mass is 79.9. The molecule has 42 heavy (non-hydrogen) atoms. The van der Waals surface area contributed by atoms with Crippen LogP contribution in [-0.4, -0.2) is 48.1 Å². The van der Waals surface area contributed by atoms with Crippen molar-refractivity contribution in [2.45, 2.75) is 69.4 Å². The van der Waals surface area contributed by atoms with Gasteiger partial charge in [-0.25, -0.2) is 0 Å². The van der Waals surface area contributed by atoms with Crippen LogP contribution in [0.1, 0.15) is 67.6 Å². The number of benzene rings is 2. The molecule has 12 heteroatoms. The molecule has 11 N–H and O–H groups in total. The highest BCUT2D eigenvalue weighted by Gasteiger charge is 2.35. The van der Waals surface area contributed by atoms with Crippen molar-refractivity contribution in [1.29, 1.82) is 5.41 Å². The largest absolute Gasteiger partial charge is 0.384 e. The van der Waals surface area contributed by atoms with E-state index in [1.54, 1.807) is 12.1 Å². The molecule has 1 unspecified atom stereocenters. The first kappa shape index (κ1) is 32.6. The van der Waals surface area contributed by atoms with Crippen molar-refractivity contribution in [2.75, 3.05) is 6.54 Å². The van der Waals surface area contributed by atoms with Crippen molar-refractivity contribution in [2.24, 2.45) is 33.8 Å². The fourth-order valence-electron chi connectivity index (χ4n) is 5.31. The number of hydrogen-bond acceptors (Lipinski definition) is 5. The van der Waals surface area contributed by atoms with E-state index in [1.807, 2.05) is 36.4 Å². The van der Waals surface area contributed by atoms with Crippen molar-refractivity contribution < 1.29 is 14.4 Å². The van der Waals surface area contributed by atoms with Crippen molar-refractivity contribution in [1.82, 2.24) is 10.6 Å². The van der Waals surface area contributed by atoms with Crippen LogP contribution < -0.4 is 33.6 Å². The van der Waals surface area contributed by atoms with E-state index in [2.05, 4.69) is 31.6 Å². The van der Waals surface area contributed by atoms with E-state index in [1.165, 1.54) is 0 Å². The van der Waals surface area contributed by atoms with Gasteiger partial charge in [0.15, 0.2) is 5.96 Å². The smallest absolute Gasteiger partial charge is 0.243 e. The fourth-order valence-corrected chi connectivity index (χ4v) is 5.73. The van der Waals surface area contributed by atoms with E-state index >= 15 is 0 Å². The number of rotatable bonds is 14. The summed E-state index contributed by atoms with van der Waals surface area (Å²) in [4.78, 5) is 43.8. The first-order valence-corrected chi connectivity index (χ1v) is 15.0. The minimum absolute atomic E-state index is 0.0327. The van der Waals surface area contributed by atoms with Crippen molar-refractivity contribution >= 4 is 45.4 Å². The third-order valence-corrected chi connectivity index (χ3v) is 8.07. The van der Waals surface area contributed by atoms with Gasteiger partial charge in [0.05, 0.1) is 5.92 Å². The molecule has 0 saturated heterocycles. The second-order valence-corrected chi connectivity index (χ2v) is 11.6. The summed E-state index contributed by atoms with van der Waals surface area (Å²) >= 11 is 3.50. The van der Waals surface area contributed by atoms with Gasteiger partial charge in [0, 0.05) is 16.6 Å². The lowest BCUT2D eigenvalue weighted by atomic mass is 9.82. The number of hydrogen-bond donors (Lipinski definition) is 7. The highest BCUT2D eigenvalue weighted by molar-refractivity contribution is 9.10. The molecule has 0 aromatic heterocycles. The van der Waals surface area contributed by atoms with E-state index in [0.29, 0.717) is 24.9 Å². The number of nitrogens with zero attached hydrogens (tertiary/aromatic N) is 1. The van der Waals surface area contributed by atoms with E-state index in [-0.39, 0.29) is 30.0 Å². The molecular formula is C30H41BrN8O3. The Labute approximate surface area is 254 Å². The van der Waals surface area contributed by atoms with E-state index in [4.69, 9.17) is 28.3 Å². The van der Waals surface area contributed by atoms with Gasteiger partial charge in [-0.1, -0.05) is 71.6 Å². The Balaban J connectivity index is 1.84. The van der Waals surface area contributed by atoms with Gasteiger partial charge in [-0.3, -0.25) is 24.8 Å². The maximum Gasteiger partial charge on any atom is 0.243 e. The summed E-state index contributed by atoms with van der Waals surface area (Å²) in [6.07, 6.45) is 5.65. The molecule has 1 aliphatic carbocycles. The molecular weight excluding hydrogens is 600 g/mol. The molecule has 0 spiro atoms. The van der Waals surface area contributed by atoms with E-state index < -0.39 is 29.8 Å². The van der Waals surface area contributed by atoms with E-state index in [0.717, 1.165) is 47.7 Å². The molecule has 11 nitrogen and oxygen atoms in total. The average molecular weight is 642 g/mol. The molecule has 0 bridgehead atoms. The zero-order chi connectivity index (χ0) is 30.6. The van der Waals surface area contributed by atoms with Crippen LogP contribution in [0.5, 0.6) is 0 Å². The lowest BCUT2D eigenvalue weighted by molar-refractivity contribution is -0.133.